The molecule has 0 bridgehead atoms. The molecule has 0 aliphatic carbocycles. The minimum atomic E-state index is -1.67. The standard InChI is InChI=1S/C46H87NO10/c1-3-5-7-9-11-13-15-16-17-18-19-20-21-22-24-25-27-29-31-33-38(49)41(51)37(36-56-46-44(54)43(53)42(52)40(35-48)57-46)47-45(55)39(50)34-32-30-28-26-23-14-12-10-8-6-4-2/h12,14,25,27,37-44,46,48-54H,3-11,13,15-24,26,28-36H2,1-2H3,(H,47,55)/b14-12-,27-25+. The second-order valence-electron chi connectivity index (χ2n) is 16.5. The molecule has 1 rings (SSSR count). The molecule has 9 unspecified atom stereocenters. The van der Waals surface area contributed by atoms with Crippen molar-refractivity contribution < 1.29 is 50.0 Å². The lowest BCUT2D eigenvalue weighted by Crippen LogP contribution is -2.60. The molecule has 9 atom stereocenters. The lowest BCUT2D eigenvalue weighted by Gasteiger charge is -2.40. The third-order valence-electron chi connectivity index (χ3n) is 11.2. The number of aliphatic hydroxyl groups excluding tert-OH is 7. The third-order valence-corrected chi connectivity index (χ3v) is 11.2. The summed E-state index contributed by atoms with van der Waals surface area (Å²) in [5.41, 5.74) is 0. The molecule has 0 radical (unpaired) electrons. The van der Waals surface area contributed by atoms with Gasteiger partial charge in [-0.2, -0.15) is 0 Å². The van der Waals surface area contributed by atoms with Gasteiger partial charge in [0.1, 0.15) is 36.6 Å². The highest BCUT2D eigenvalue weighted by Gasteiger charge is 2.44. The van der Waals surface area contributed by atoms with E-state index in [9.17, 15) is 40.5 Å². The Bertz CT molecular complexity index is 981. The van der Waals surface area contributed by atoms with Crippen molar-refractivity contribution in [2.75, 3.05) is 13.2 Å². The van der Waals surface area contributed by atoms with Crippen LogP contribution in [0.3, 0.4) is 0 Å². The van der Waals surface area contributed by atoms with Gasteiger partial charge >= 0.3 is 0 Å². The van der Waals surface area contributed by atoms with Crippen molar-refractivity contribution in [2.45, 2.75) is 249 Å². The minimum Gasteiger partial charge on any atom is -0.394 e. The summed E-state index contributed by atoms with van der Waals surface area (Å²) in [5.74, 6) is -0.718. The number of ether oxygens (including phenoxy) is 2. The maximum atomic E-state index is 13.0. The Balaban J connectivity index is 2.46. The van der Waals surface area contributed by atoms with Crippen molar-refractivity contribution in [3.63, 3.8) is 0 Å². The maximum Gasteiger partial charge on any atom is 0.249 e. The van der Waals surface area contributed by atoms with Crippen molar-refractivity contribution in [3.05, 3.63) is 24.3 Å². The first-order valence-electron chi connectivity index (χ1n) is 23.2. The molecule has 1 fully saturated rings. The van der Waals surface area contributed by atoms with Gasteiger partial charge in [-0.25, -0.2) is 0 Å². The number of aliphatic hydroxyl groups is 7. The molecular weight excluding hydrogens is 727 g/mol. The van der Waals surface area contributed by atoms with Crippen LogP contribution in [0.15, 0.2) is 24.3 Å². The first-order valence-corrected chi connectivity index (χ1v) is 23.2. The molecule has 1 saturated heterocycles. The molecule has 1 aliphatic rings. The van der Waals surface area contributed by atoms with Crippen LogP contribution in [0.5, 0.6) is 0 Å². The van der Waals surface area contributed by atoms with E-state index in [0.29, 0.717) is 12.8 Å². The van der Waals surface area contributed by atoms with E-state index in [1.54, 1.807) is 0 Å². The summed E-state index contributed by atoms with van der Waals surface area (Å²) in [5, 5.41) is 75.5. The predicted molar refractivity (Wildman–Crippen MR) is 229 cm³/mol. The lowest BCUT2D eigenvalue weighted by atomic mass is 9.98. The van der Waals surface area contributed by atoms with E-state index < -0.39 is 74.2 Å². The number of rotatable bonds is 38. The van der Waals surface area contributed by atoms with Crippen LogP contribution in [-0.4, -0.2) is 110 Å². The summed E-state index contributed by atoms with van der Waals surface area (Å²) >= 11 is 0. The van der Waals surface area contributed by atoms with Crippen LogP contribution in [0.25, 0.3) is 0 Å². The normalized spacial score (nSPS) is 22.3. The van der Waals surface area contributed by atoms with Crippen LogP contribution in [0.4, 0.5) is 0 Å². The smallest absolute Gasteiger partial charge is 0.249 e. The van der Waals surface area contributed by atoms with Gasteiger partial charge in [0.25, 0.3) is 0 Å². The van der Waals surface area contributed by atoms with Crippen molar-refractivity contribution >= 4 is 5.91 Å². The van der Waals surface area contributed by atoms with Gasteiger partial charge in [0.15, 0.2) is 6.29 Å². The molecule has 11 nitrogen and oxygen atoms in total. The van der Waals surface area contributed by atoms with Gasteiger partial charge in [-0.1, -0.05) is 154 Å². The monoisotopic (exact) mass is 814 g/mol. The summed E-state index contributed by atoms with van der Waals surface area (Å²) in [6.07, 6.45) is 28.1. The fourth-order valence-electron chi connectivity index (χ4n) is 7.32. The second kappa shape index (κ2) is 36.4. The number of hydrogen-bond acceptors (Lipinski definition) is 10. The fraction of sp³-hybridized carbons (Fsp3) is 0.891. The van der Waals surface area contributed by atoms with Gasteiger partial charge < -0.3 is 50.5 Å². The largest absolute Gasteiger partial charge is 0.394 e. The quantitative estimate of drug-likeness (QED) is 0.0230. The Kier molecular flexibility index (Phi) is 34.3. The first-order chi connectivity index (χ1) is 27.7. The summed E-state index contributed by atoms with van der Waals surface area (Å²) in [6.45, 7) is 3.38. The second-order valence-corrected chi connectivity index (χ2v) is 16.5. The Hall–Kier alpha value is -1.41. The Morgan fingerprint density at radius 1 is 0.596 bits per heavy atom. The topological polar surface area (TPSA) is 189 Å². The van der Waals surface area contributed by atoms with E-state index in [1.165, 1.54) is 103 Å². The summed E-state index contributed by atoms with van der Waals surface area (Å²) in [7, 11) is 0. The van der Waals surface area contributed by atoms with Crippen LogP contribution in [0.2, 0.25) is 0 Å². The number of hydrogen-bond donors (Lipinski definition) is 8. The molecular formula is C46H87NO10. The van der Waals surface area contributed by atoms with Crippen molar-refractivity contribution in [1.82, 2.24) is 5.32 Å². The van der Waals surface area contributed by atoms with Crippen LogP contribution in [0, 0.1) is 0 Å². The Labute approximate surface area is 346 Å². The summed E-state index contributed by atoms with van der Waals surface area (Å²) < 4.78 is 11.1. The van der Waals surface area contributed by atoms with Gasteiger partial charge in [0.2, 0.25) is 5.91 Å². The molecule has 0 spiro atoms. The molecule has 57 heavy (non-hydrogen) atoms. The number of nitrogens with one attached hydrogen (secondary N) is 1. The van der Waals surface area contributed by atoms with E-state index in [0.717, 1.165) is 51.4 Å². The number of carbonyl (C=O) groups excluding carboxylic acids is 1. The number of unbranched alkanes of at least 4 members (excludes halogenated alkanes) is 22. The molecule has 1 heterocycles. The number of carbonyl (C=O) groups is 1. The molecule has 1 aliphatic heterocycles. The third kappa shape index (κ3) is 26.4. The highest BCUT2D eigenvalue weighted by molar-refractivity contribution is 5.80. The molecule has 8 N–H and O–H groups in total. The average molecular weight is 814 g/mol. The summed E-state index contributed by atoms with van der Waals surface area (Å²) in [6, 6.07) is -1.19. The van der Waals surface area contributed by atoms with Crippen molar-refractivity contribution in [3.8, 4) is 0 Å². The molecule has 0 aromatic carbocycles. The molecule has 0 saturated carbocycles. The van der Waals surface area contributed by atoms with Gasteiger partial charge in [0, 0.05) is 0 Å². The van der Waals surface area contributed by atoms with Gasteiger partial charge in [-0.3, -0.25) is 4.79 Å². The van der Waals surface area contributed by atoms with Gasteiger partial charge in [-0.15, -0.1) is 0 Å². The SMILES string of the molecule is CCCCC/C=C\CCCCCCC(O)C(=O)NC(COC1OC(CO)C(O)C(O)C1O)C(O)C(O)CCC/C=C/CCCCCCCCCCCCCCCC. The van der Waals surface area contributed by atoms with E-state index >= 15 is 0 Å². The van der Waals surface area contributed by atoms with Gasteiger partial charge in [0.05, 0.1) is 25.4 Å². The molecule has 0 aromatic heterocycles. The minimum absolute atomic E-state index is 0.239. The highest BCUT2D eigenvalue weighted by Crippen LogP contribution is 2.23. The van der Waals surface area contributed by atoms with E-state index in [-0.39, 0.29) is 12.8 Å². The Morgan fingerprint density at radius 3 is 1.54 bits per heavy atom. The first kappa shape index (κ1) is 53.6. The van der Waals surface area contributed by atoms with Crippen LogP contribution < -0.4 is 5.32 Å². The molecule has 336 valence electrons. The predicted octanol–water partition coefficient (Wildman–Crippen LogP) is 7.45. The van der Waals surface area contributed by atoms with Gasteiger partial charge in [-0.05, 0) is 64.2 Å². The maximum absolute atomic E-state index is 13.0. The lowest BCUT2D eigenvalue weighted by molar-refractivity contribution is -0.303. The van der Waals surface area contributed by atoms with Crippen LogP contribution in [-0.2, 0) is 14.3 Å². The van der Waals surface area contributed by atoms with E-state index in [4.69, 9.17) is 9.47 Å². The summed E-state index contributed by atoms with van der Waals surface area (Å²) in [4.78, 5) is 13.0. The molecule has 0 aromatic rings. The van der Waals surface area contributed by atoms with Crippen LogP contribution in [0.1, 0.15) is 194 Å². The van der Waals surface area contributed by atoms with Crippen molar-refractivity contribution in [1.29, 1.82) is 0 Å². The number of amides is 1. The number of allylic oxidation sites excluding steroid dienone is 4. The van der Waals surface area contributed by atoms with E-state index in [1.807, 2.05) is 0 Å². The molecule has 1 amide bonds. The zero-order valence-corrected chi connectivity index (χ0v) is 36.1. The van der Waals surface area contributed by atoms with E-state index in [2.05, 4.69) is 43.5 Å². The Morgan fingerprint density at radius 2 is 1.04 bits per heavy atom. The van der Waals surface area contributed by atoms with Crippen molar-refractivity contribution in [2.24, 2.45) is 0 Å². The zero-order valence-electron chi connectivity index (χ0n) is 36.1. The van der Waals surface area contributed by atoms with Crippen LogP contribution >= 0.6 is 0 Å². The highest BCUT2D eigenvalue weighted by atomic mass is 16.7. The molecule has 11 heteroatoms. The zero-order chi connectivity index (χ0) is 41.9. The fourth-order valence-corrected chi connectivity index (χ4v) is 7.32. The average Bonchev–Trinajstić information content (AvgIpc) is 3.21.